The lowest BCUT2D eigenvalue weighted by Crippen LogP contribution is -2.50. The molecule has 11 heteroatoms. The van der Waals surface area contributed by atoms with Gasteiger partial charge in [-0.1, -0.05) is 84.2 Å². The first-order chi connectivity index (χ1) is 19.9. The summed E-state index contributed by atoms with van der Waals surface area (Å²) in [5.41, 5.74) is 2.71. The minimum absolute atomic E-state index is 0.0132. The number of rotatable bonds is 14. The number of anilines is 1. The fraction of sp³-hybridized carbons (Fsp3) is 0.355. The van der Waals surface area contributed by atoms with Gasteiger partial charge in [-0.2, -0.15) is 0 Å². The van der Waals surface area contributed by atoms with Gasteiger partial charge in [-0.3, -0.25) is 13.9 Å². The first-order valence-electron chi connectivity index (χ1n) is 13.7. The first-order valence-corrected chi connectivity index (χ1v) is 16.7. The normalized spacial score (nSPS) is 12.0. The van der Waals surface area contributed by atoms with E-state index in [1.807, 2.05) is 37.3 Å². The molecule has 0 aliphatic heterocycles. The van der Waals surface area contributed by atoms with E-state index in [1.54, 1.807) is 48.2 Å². The summed E-state index contributed by atoms with van der Waals surface area (Å²) >= 11 is 18.7. The van der Waals surface area contributed by atoms with E-state index in [0.717, 1.165) is 18.2 Å². The van der Waals surface area contributed by atoms with Crippen molar-refractivity contribution < 1.29 is 18.0 Å². The monoisotopic (exact) mass is 651 g/mol. The summed E-state index contributed by atoms with van der Waals surface area (Å²) in [6.45, 7) is 4.37. The lowest BCUT2D eigenvalue weighted by Gasteiger charge is -2.32. The van der Waals surface area contributed by atoms with Crippen LogP contribution < -0.4 is 9.62 Å². The highest BCUT2D eigenvalue weighted by Gasteiger charge is 2.30. The molecule has 0 aromatic heterocycles. The van der Waals surface area contributed by atoms with Crippen LogP contribution in [0.5, 0.6) is 0 Å². The average molecular weight is 653 g/mol. The van der Waals surface area contributed by atoms with Crippen molar-refractivity contribution in [3.63, 3.8) is 0 Å². The molecule has 7 nitrogen and oxygen atoms in total. The highest BCUT2D eigenvalue weighted by molar-refractivity contribution is 7.92. The zero-order valence-electron chi connectivity index (χ0n) is 23.9. The molecule has 0 spiro atoms. The number of nitrogens with one attached hydrogen (secondary N) is 1. The van der Waals surface area contributed by atoms with Gasteiger partial charge in [-0.15, -0.1) is 0 Å². The molecule has 1 atom stereocenters. The van der Waals surface area contributed by atoms with E-state index >= 15 is 0 Å². The van der Waals surface area contributed by atoms with Gasteiger partial charge < -0.3 is 10.2 Å². The SMILES string of the molecule is CCCNC(=O)[C@H](Cc1ccccc1)N(Cc1ccc(Cl)c(Cl)c1)C(=O)CCCN(c1cccc(Cl)c1C)S(C)(=O)=O. The quantitative estimate of drug-likeness (QED) is 0.211. The number of hydrogen-bond donors (Lipinski definition) is 1. The fourth-order valence-corrected chi connectivity index (χ4v) is 6.11. The van der Waals surface area contributed by atoms with E-state index in [9.17, 15) is 18.0 Å². The van der Waals surface area contributed by atoms with Gasteiger partial charge in [0.25, 0.3) is 0 Å². The molecule has 226 valence electrons. The summed E-state index contributed by atoms with van der Waals surface area (Å²) < 4.78 is 26.7. The molecule has 42 heavy (non-hydrogen) atoms. The highest BCUT2D eigenvalue weighted by atomic mass is 35.5. The van der Waals surface area contributed by atoms with Crippen LogP contribution in [0.2, 0.25) is 15.1 Å². The van der Waals surface area contributed by atoms with Crippen LogP contribution in [0, 0.1) is 6.92 Å². The topological polar surface area (TPSA) is 86.8 Å². The third-order valence-corrected chi connectivity index (χ3v) is 9.15. The molecule has 0 fully saturated rings. The van der Waals surface area contributed by atoms with Gasteiger partial charge in [0.1, 0.15) is 6.04 Å². The van der Waals surface area contributed by atoms with Crippen LogP contribution in [-0.2, 0) is 32.6 Å². The van der Waals surface area contributed by atoms with E-state index in [1.165, 1.54) is 4.31 Å². The van der Waals surface area contributed by atoms with E-state index < -0.39 is 16.1 Å². The van der Waals surface area contributed by atoms with Crippen molar-refractivity contribution in [3.05, 3.63) is 98.5 Å². The summed E-state index contributed by atoms with van der Waals surface area (Å²) in [6, 6.07) is 18.9. The van der Waals surface area contributed by atoms with Gasteiger partial charge in [0.2, 0.25) is 21.8 Å². The third-order valence-electron chi connectivity index (χ3n) is 6.82. The van der Waals surface area contributed by atoms with Gasteiger partial charge in [0.05, 0.1) is 22.0 Å². The van der Waals surface area contributed by atoms with Crippen molar-refractivity contribution in [3.8, 4) is 0 Å². The van der Waals surface area contributed by atoms with Gasteiger partial charge in [-0.25, -0.2) is 8.42 Å². The Morgan fingerprint density at radius 1 is 0.905 bits per heavy atom. The maximum absolute atomic E-state index is 13.9. The van der Waals surface area contributed by atoms with Gasteiger partial charge in [0.15, 0.2) is 0 Å². The number of amides is 2. The second-order valence-electron chi connectivity index (χ2n) is 10.1. The summed E-state index contributed by atoms with van der Waals surface area (Å²) in [6.07, 6.45) is 2.42. The predicted molar refractivity (Wildman–Crippen MR) is 172 cm³/mol. The smallest absolute Gasteiger partial charge is 0.243 e. The summed E-state index contributed by atoms with van der Waals surface area (Å²) in [7, 11) is -3.66. The van der Waals surface area contributed by atoms with Gasteiger partial charge in [0, 0.05) is 37.5 Å². The van der Waals surface area contributed by atoms with Crippen molar-refractivity contribution in [2.75, 3.05) is 23.7 Å². The van der Waals surface area contributed by atoms with Crippen LogP contribution in [0.4, 0.5) is 5.69 Å². The second-order valence-corrected chi connectivity index (χ2v) is 13.2. The largest absolute Gasteiger partial charge is 0.354 e. The molecule has 1 N–H and O–H groups in total. The van der Waals surface area contributed by atoms with Crippen molar-refractivity contribution in [1.82, 2.24) is 10.2 Å². The Balaban J connectivity index is 1.91. The molecular weight excluding hydrogens is 617 g/mol. The maximum atomic E-state index is 13.9. The van der Waals surface area contributed by atoms with Crippen LogP contribution in [0.3, 0.4) is 0 Å². The van der Waals surface area contributed by atoms with Crippen molar-refractivity contribution in [1.29, 1.82) is 0 Å². The standard InChI is InChI=1S/C31H36Cl3N3O4S/c1-4-17-35-31(39)29(20-23-10-6-5-7-11-23)36(21-24-15-16-26(33)27(34)19-24)30(38)14-9-18-37(42(3,40)41)28-13-8-12-25(32)22(28)2/h5-8,10-13,15-16,19,29H,4,9,14,17-18,20-21H2,1-3H3,(H,35,39)/t29-/m0/s1. The van der Waals surface area contributed by atoms with E-state index in [-0.39, 0.29) is 37.7 Å². The molecule has 0 aliphatic carbocycles. The van der Waals surface area contributed by atoms with Crippen LogP contribution >= 0.6 is 34.8 Å². The maximum Gasteiger partial charge on any atom is 0.243 e. The molecule has 0 heterocycles. The number of carbonyl (C=O) groups excluding carboxylic acids is 2. The lowest BCUT2D eigenvalue weighted by molar-refractivity contribution is -0.141. The molecule has 2 amide bonds. The molecule has 0 radical (unpaired) electrons. The number of carbonyl (C=O) groups is 2. The number of sulfonamides is 1. The molecule has 3 aromatic carbocycles. The number of hydrogen-bond acceptors (Lipinski definition) is 4. The molecule has 0 saturated carbocycles. The lowest BCUT2D eigenvalue weighted by atomic mass is 10.0. The Labute approximate surface area is 263 Å². The summed E-state index contributed by atoms with van der Waals surface area (Å²) in [4.78, 5) is 28.9. The van der Waals surface area contributed by atoms with E-state index in [0.29, 0.717) is 44.8 Å². The predicted octanol–water partition coefficient (Wildman–Crippen LogP) is 6.67. The van der Waals surface area contributed by atoms with E-state index in [4.69, 9.17) is 34.8 Å². The van der Waals surface area contributed by atoms with E-state index in [2.05, 4.69) is 5.32 Å². The minimum Gasteiger partial charge on any atom is -0.354 e. The minimum atomic E-state index is -3.66. The zero-order valence-corrected chi connectivity index (χ0v) is 27.0. The van der Waals surface area contributed by atoms with Gasteiger partial charge in [-0.05, 0) is 60.7 Å². The molecule has 0 unspecified atom stereocenters. The Kier molecular flexibility index (Phi) is 12.5. The number of halogens is 3. The molecule has 3 rings (SSSR count). The van der Waals surface area contributed by atoms with Crippen molar-refractivity contribution >= 4 is 62.3 Å². The van der Waals surface area contributed by atoms with Gasteiger partial charge >= 0.3 is 0 Å². The molecule has 3 aromatic rings. The third kappa shape index (κ3) is 9.36. The van der Waals surface area contributed by atoms with Crippen molar-refractivity contribution in [2.24, 2.45) is 0 Å². The fourth-order valence-electron chi connectivity index (χ4n) is 4.60. The number of nitrogens with zero attached hydrogens (tertiary/aromatic N) is 2. The Hall–Kier alpha value is -2.78. The molecule has 0 bridgehead atoms. The molecular formula is C31H36Cl3N3O4S. The zero-order chi connectivity index (χ0) is 30.9. The van der Waals surface area contributed by atoms with Crippen LogP contribution in [0.1, 0.15) is 42.9 Å². The van der Waals surface area contributed by atoms with Crippen LogP contribution in [0.15, 0.2) is 66.7 Å². The number of benzene rings is 3. The van der Waals surface area contributed by atoms with Crippen LogP contribution in [-0.4, -0.2) is 50.5 Å². The summed E-state index contributed by atoms with van der Waals surface area (Å²) in [5.74, 6) is -0.550. The highest BCUT2D eigenvalue weighted by Crippen LogP contribution is 2.29. The average Bonchev–Trinajstić information content (AvgIpc) is 2.95. The van der Waals surface area contributed by atoms with Crippen LogP contribution in [0.25, 0.3) is 0 Å². The second kappa shape index (κ2) is 15.6. The first kappa shape index (κ1) is 33.7. The molecule has 0 saturated heterocycles. The summed E-state index contributed by atoms with van der Waals surface area (Å²) in [5, 5.41) is 4.12. The molecule has 0 aliphatic rings. The Morgan fingerprint density at radius 3 is 2.26 bits per heavy atom. The Morgan fingerprint density at radius 2 is 1.62 bits per heavy atom. The van der Waals surface area contributed by atoms with Crippen molar-refractivity contribution in [2.45, 2.75) is 52.1 Å². The Bertz CT molecular complexity index is 1490.